The van der Waals surface area contributed by atoms with Crippen LogP contribution < -0.4 is 5.32 Å². The lowest BCUT2D eigenvalue weighted by atomic mass is 9.91. The first kappa shape index (κ1) is 18.7. The van der Waals surface area contributed by atoms with Crippen LogP contribution in [0.25, 0.3) is 0 Å². The molecule has 0 unspecified atom stereocenters. The molecule has 130 valence electrons. The second-order valence-corrected chi connectivity index (χ2v) is 7.65. The quantitative estimate of drug-likeness (QED) is 0.508. The molecule has 1 N–H and O–H groups in total. The van der Waals surface area contributed by atoms with Gasteiger partial charge in [-0.05, 0) is 36.9 Å². The Bertz CT molecular complexity index is 518. The molecule has 24 heavy (non-hydrogen) atoms. The van der Waals surface area contributed by atoms with Gasteiger partial charge in [-0.2, -0.15) is 0 Å². The van der Waals surface area contributed by atoms with Gasteiger partial charge in [0.2, 0.25) is 0 Å². The third-order valence-electron chi connectivity index (χ3n) is 4.43. The van der Waals surface area contributed by atoms with Crippen molar-refractivity contribution in [2.24, 2.45) is 0 Å². The van der Waals surface area contributed by atoms with Crippen LogP contribution in [0.15, 0.2) is 60.7 Å². The van der Waals surface area contributed by atoms with E-state index < -0.39 is 0 Å². The van der Waals surface area contributed by atoms with E-state index in [2.05, 4.69) is 87.1 Å². The first-order valence-corrected chi connectivity index (χ1v) is 9.17. The summed E-state index contributed by atoms with van der Waals surface area (Å²) in [5.41, 5.74) is 2.78. The minimum Gasteiger partial charge on any atom is -0.331 e. The van der Waals surface area contributed by atoms with Crippen LogP contribution in [0.4, 0.5) is 0 Å². The summed E-state index contributed by atoms with van der Waals surface area (Å²) in [5.74, 6) is 0.429. The van der Waals surface area contributed by atoms with Crippen LogP contribution in [0, 0.1) is 0 Å². The molecule has 2 rings (SSSR count). The fraction of sp³-hybridized carbons (Fsp3) is 0.455. The SMILES string of the molecule is C[N+](C)(C)CCCCCNCC(c1ccccc1)c1ccccc1. The molecule has 0 radical (unpaired) electrons. The van der Waals surface area contributed by atoms with E-state index in [4.69, 9.17) is 0 Å². The molecule has 0 atom stereocenters. The Morgan fingerprint density at radius 1 is 0.750 bits per heavy atom. The summed E-state index contributed by atoms with van der Waals surface area (Å²) in [6.07, 6.45) is 3.88. The maximum Gasteiger partial charge on any atom is 0.0780 e. The van der Waals surface area contributed by atoms with E-state index in [0.717, 1.165) is 17.6 Å². The summed E-state index contributed by atoms with van der Waals surface area (Å²) in [6.45, 7) is 3.37. The molecule has 0 heterocycles. The third-order valence-corrected chi connectivity index (χ3v) is 4.43. The van der Waals surface area contributed by atoms with Crippen LogP contribution in [0.1, 0.15) is 36.3 Å². The zero-order valence-electron chi connectivity index (χ0n) is 15.5. The van der Waals surface area contributed by atoms with Gasteiger partial charge in [-0.3, -0.25) is 0 Å². The predicted octanol–water partition coefficient (Wildman–Crippen LogP) is 4.28. The summed E-state index contributed by atoms with van der Waals surface area (Å²) in [6, 6.07) is 21.7. The smallest absolute Gasteiger partial charge is 0.0780 e. The standard InChI is InChI=1S/C22H33N2/c1-24(2,3)18-12-6-11-17-23-19-22(20-13-7-4-8-14-20)21-15-9-5-10-16-21/h4-5,7-10,13-16,22-23H,6,11-12,17-19H2,1-3H3/q+1. The fourth-order valence-corrected chi connectivity index (χ4v) is 3.06. The van der Waals surface area contributed by atoms with Gasteiger partial charge >= 0.3 is 0 Å². The molecule has 0 saturated carbocycles. The molecule has 0 aliphatic carbocycles. The summed E-state index contributed by atoms with van der Waals surface area (Å²) in [7, 11) is 6.80. The van der Waals surface area contributed by atoms with E-state index in [9.17, 15) is 0 Å². The molecule has 0 bridgehead atoms. The van der Waals surface area contributed by atoms with E-state index in [0.29, 0.717) is 5.92 Å². The van der Waals surface area contributed by atoms with E-state index >= 15 is 0 Å². The van der Waals surface area contributed by atoms with Crippen LogP contribution in [0.5, 0.6) is 0 Å². The van der Waals surface area contributed by atoms with E-state index in [1.165, 1.54) is 36.9 Å². The number of benzene rings is 2. The van der Waals surface area contributed by atoms with Crippen molar-refractivity contribution in [3.8, 4) is 0 Å². The van der Waals surface area contributed by atoms with Crippen LogP contribution in [0.3, 0.4) is 0 Å². The number of nitrogens with one attached hydrogen (secondary N) is 1. The average Bonchev–Trinajstić information content (AvgIpc) is 2.58. The van der Waals surface area contributed by atoms with E-state index in [1.807, 2.05) is 0 Å². The lowest BCUT2D eigenvalue weighted by Gasteiger charge is -2.23. The Hall–Kier alpha value is -1.64. The summed E-state index contributed by atoms with van der Waals surface area (Å²) in [5, 5.41) is 3.67. The van der Waals surface area contributed by atoms with Gasteiger partial charge in [0.05, 0.1) is 27.7 Å². The number of quaternary nitrogens is 1. The molecule has 0 saturated heterocycles. The molecule has 2 aromatic carbocycles. The van der Waals surface area contributed by atoms with Gasteiger partial charge in [0.15, 0.2) is 0 Å². The van der Waals surface area contributed by atoms with Crippen molar-refractivity contribution in [3.05, 3.63) is 71.8 Å². The highest BCUT2D eigenvalue weighted by Gasteiger charge is 2.13. The number of unbranched alkanes of at least 4 members (excludes halogenated alkanes) is 2. The highest BCUT2D eigenvalue weighted by Crippen LogP contribution is 2.23. The average molecular weight is 326 g/mol. The first-order chi connectivity index (χ1) is 11.6. The molecule has 2 nitrogen and oxygen atoms in total. The minimum absolute atomic E-state index is 0.429. The van der Waals surface area contributed by atoms with Gasteiger partial charge in [0, 0.05) is 12.5 Å². The number of rotatable bonds is 10. The predicted molar refractivity (Wildman–Crippen MR) is 104 cm³/mol. The van der Waals surface area contributed by atoms with Crippen molar-refractivity contribution in [1.82, 2.24) is 5.32 Å². The van der Waals surface area contributed by atoms with Gasteiger partial charge in [0.1, 0.15) is 0 Å². The zero-order valence-corrected chi connectivity index (χ0v) is 15.5. The number of hydrogen-bond donors (Lipinski definition) is 1. The Labute approximate surface area is 148 Å². The fourth-order valence-electron chi connectivity index (χ4n) is 3.06. The molecular formula is C22H33N2+. The Morgan fingerprint density at radius 3 is 1.79 bits per heavy atom. The monoisotopic (exact) mass is 325 g/mol. The summed E-state index contributed by atoms with van der Waals surface area (Å²) >= 11 is 0. The van der Waals surface area contributed by atoms with Gasteiger partial charge in [-0.25, -0.2) is 0 Å². The van der Waals surface area contributed by atoms with Crippen LogP contribution in [0.2, 0.25) is 0 Å². The zero-order chi connectivity index (χ0) is 17.3. The molecule has 2 heteroatoms. The Kier molecular flexibility index (Phi) is 7.48. The van der Waals surface area contributed by atoms with Crippen molar-refractivity contribution >= 4 is 0 Å². The lowest BCUT2D eigenvalue weighted by Crippen LogP contribution is -2.35. The van der Waals surface area contributed by atoms with Crippen molar-refractivity contribution in [2.45, 2.75) is 25.2 Å². The maximum absolute atomic E-state index is 3.67. The highest BCUT2D eigenvalue weighted by atomic mass is 15.3. The summed E-state index contributed by atoms with van der Waals surface area (Å²) in [4.78, 5) is 0. The topological polar surface area (TPSA) is 12.0 Å². The third kappa shape index (κ3) is 6.86. The van der Waals surface area contributed by atoms with Gasteiger partial charge < -0.3 is 9.80 Å². The van der Waals surface area contributed by atoms with Crippen molar-refractivity contribution in [1.29, 1.82) is 0 Å². The minimum atomic E-state index is 0.429. The molecule has 0 spiro atoms. The van der Waals surface area contributed by atoms with Crippen LogP contribution in [-0.2, 0) is 0 Å². The van der Waals surface area contributed by atoms with Gasteiger partial charge in [-0.15, -0.1) is 0 Å². The molecule has 0 aromatic heterocycles. The lowest BCUT2D eigenvalue weighted by molar-refractivity contribution is -0.870. The summed E-state index contributed by atoms with van der Waals surface area (Å²) < 4.78 is 1.07. The molecule has 2 aromatic rings. The van der Waals surface area contributed by atoms with Crippen LogP contribution >= 0.6 is 0 Å². The second kappa shape index (κ2) is 9.61. The molecule has 0 aliphatic heterocycles. The van der Waals surface area contributed by atoms with Crippen LogP contribution in [-0.4, -0.2) is 45.3 Å². The van der Waals surface area contributed by atoms with Crippen molar-refractivity contribution in [2.75, 3.05) is 40.8 Å². The second-order valence-electron chi connectivity index (χ2n) is 7.65. The van der Waals surface area contributed by atoms with E-state index in [-0.39, 0.29) is 0 Å². The van der Waals surface area contributed by atoms with Gasteiger partial charge in [0.25, 0.3) is 0 Å². The maximum atomic E-state index is 3.67. The molecule has 0 fully saturated rings. The Balaban J connectivity index is 1.80. The molecule has 0 aliphatic rings. The highest BCUT2D eigenvalue weighted by molar-refractivity contribution is 5.32. The first-order valence-electron chi connectivity index (χ1n) is 9.17. The van der Waals surface area contributed by atoms with E-state index in [1.54, 1.807) is 0 Å². The largest absolute Gasteiger partial charge is 0.331 e. The molecular weight excluding hydrogens is 292 g/mol. The van der Waals surface area contributed by atoms with Gasteiger partial charge in [-0.1, -0.05) is 60.7 Å². The number of nitrogens with zero attached hydrogens (tertiary/aromatic N) is 1. The normalized spacial score (nSPS) is 11.8. The Morgan fingerprint density at radius 2 is 1.29 bits per heavy atom. The number of hydrogen-bond acceptors (Lipinski definition) is 1. The van der Waals surface area contributed by atoms with Crippen molar-refractivity contribution < 1.29 is 4.48 Å². The molecule has 0 amide bonds. The van der Waals surface area contributed by atoms with Crippen molar-refractivity contribution in [3.63, 3.8) is 0 Å².